The number of hydrogen-bond acceptors (Lipinski definition) is 2. The second kappa shape index (κ2) is 6.47. The van der Waals surface area contributed by atoms with Gasteiger partial charge in [0.1, 0.15) is 5.75 Å². The van der Waals surface area contributed by atoms with Gasteiger partial charge in [0.05, 0.1) is 7.11 Å². The van der Waals surface area contributed by atoms with Crippen molar-refractivity contribution in [2.24, 2.45) is 0 Å². The smallest absolute Gasteiger partial charge is 0.119 e. The quantitative estimate of drug-likeness (QED) is 0.612. The van der Waals surface area contributed by atoms with Crippen LogP contribution in [0.15, 0.2) is 18.2 Å². The highest BCUT2D eigenvalue weighted by Crippen LogP contribution is 2.33. The van der Waals surface area contributed by atoms with E-state index in [1.54, 1.807) is 7.11 Å². The lowest BCUT2D eigenvalue weighted by atomic mass is 10.1. The lowest BCUT2D eigenvalue weighted by molar-refractivity contribution is 0.413. The molecule has 1 N–H and O–H groups in total. The molecule has 0 bridgehead atoms. The SMILES string of the molecule is C#CCCCCNC1CCc2ccc(OC)cc21. The van der Waals surface area contributed by atoms with Crippen LogP contribution in [0.4, 0.5) is 0 Å². The molecule has 1 aromatic carbocycles. The largest absolute Gasteiger partial charge is 0.497 e. The van der Waals surface area contributed by atoms with Gasteiger partial charge in [-0.15, -0.1) is 12.3 Å². The third kappa shape index (κ3) is 3.05. The Kier molecular flexibility index (Phi) is 4.66. The number of aryl methyl sites for hydroxylation is 1. The van der Waals surface area contributed by atoms with Crippen molar-refractivity contribution in [1.29, 1.82) is 0 Å². The highest BCUT2D eigenvalue weighted by atomic mass is 16.5. The molecule has 1 aromatic rings. The molecule has 2 rings (SSSR count). The van der Waals surface area contributed by atoms with Crippen molar-refractivity contribution in [3.05, 3.63) is 29.3 Å². The molecule has 0 saturated heterocycles. The van der Waals surface area contributed by atoms with Gasteiger partial charge >= 0.3 is 0 Å². The van der Waals surface area contributed by atoms with Crippen LogP contribution >= 0.6 is 0 Å². The van der Waals surface area contributed by atoms with E-state index >= 15 is 0 Å². The zero-order valence-corrected chi connectivity index (χ0v) is 11.0. The number of hydrogen-bond donors (Lipinski definition) is 1. The molecule has 0 amide bonds. The zero-order valence-electron chi connectivity index (χ0n) is 11.0. The van der Waals surface area contributed by atoms with Gasteiger partial charge in [0.25, 0.3) is 0 Å². The van der Waals surface area contributed by atoms with E-state index in [4.69, 9.17) is 11.2 Å². The van der Waals surface area contributed by atoms with Crippen LogP contribution in [0, 0.1) is 12.3 Å². The summed E-state index contributed by atoms with van der Waals surface area (Å²) in [6, 6.07) is 6.89. The maximum Gasteiger partial charge on any atom is 0.119 e. The number of benzene rings is 1. The van der Waals surface area contributed by atoms with E-state index in [2.05, 4.69) is 23.4 Å². The molecule has 96 valence electrons. The first-order chi connectivity index (χ1) is 8.85. The summed E-state index contributed by atoms with van der Waals surface area (Å²) >= 11 is 0. The minimum absolute atomic E-state index is 0.487. The van der Waals surface area contributed by atoms with Crippen LogP contribution in [0.25, 0.3) is 0 Å². The lowest BCUT2D eigenvalue weighted by Crippen LogP contribution is -2.20. The summed E-state index contributed by atoms with van der Waals surface area (Å²) in [5.41, 5.74) is 2.86. The topological polar surface area (TPSA) is 21.3 Å². The van der Waals surface area contributed by atoms with Gasteiger partial charge in [-0.05, 0) is 55.5 Å². The number of nitrogens with one attached hydrogen (secondary N) is 1. The molecule has 0 saturated carbocycles. The van der Waals surface area contributed by atoms with Crippen molar-refractivity contribution >= 4 is 0 Å². The van der Waals surface area contributed by atoms with Crippen LogP contribution in [-0.2, 0) is 6.42 Å². The van der Waals surface area contributed by atoms with Crippen molar-refractivity contribution in [2.45, 2.75) is 38.1 Å². The molecule has 1 aliphatic carbocycles. The van der Waals surface area contributed by atoms with Crippen LogP contribution in [-0.4, -0.2) is 13.7 Å². The van der Waals surface area contributed by atoms with Crippen molar-refractivity contribution < 1.29 is 4.74 Å². The molecule has 0 fully saturated rings. The van der Waals surface area contributed by atoms with E-state index in [1.165, 1.54) is 24.0 Å². The van der Waals surface area contributed by atoms with Gasteiger partial charge in [-0.3, -0.25) is 0 Å². The predicted molar refractivity (Wildman–Crippen MR) is 74.7 cm³/mol. The highest BCUT2D eigenvalue weighted by molar-refractivity contribution is 5.40. The molecule has 0 radical (unpaired) electrons. The fourth-order valence-electron chi connectivity index (χ4n) is 2.55. The normalized spacial score (nSPS) is 17.2. The Morgan fingerprint density at radius 1 is 1.44 bits per heavy atom. The molecule has 2 heteroatoms. The average Bonchev–Trinajstić information content (AvgIpc) is 2.81. The molecular formula is C16H21NO. The van der Waals surface area contributed by atoms with Gasteiger partial charge in [0.2, 0.25) is 0 Å². The average molecular weight is 243 g/mol. The summed E-state index contributed by atoms with van der Waals surface area (Å²) in [6.07, 6.45) is 10.8. The molecule has 0 heterocycles. The zero-order chi connectivity index (χ0) is 12.8. The maximum absolute atomic E-state index is 5.30. The third-order valence-electron chi connectivity index (χ3n) is 3.57. The number of rotatable bonds is 6. The summed E-state index contributed by atoms with van der Waals surface area (Å²) in [4.78, 5) is 0. The van der Waals surface area contributed by atoms with E-state index in [9.17, 15) is 0 Å². The Morgan fingerprint density at radius 2 is 2.33 bits per heavy atom. The van der Waals surface area contributed by atoms with Crippen LogP contribution in [0.2, 0.25) is 0 Å². The molecular weight excluding hydrogens is 222 g/mol. The van der Waals surface area contributed by atoms with Gasteiger partial charge in [-0.2, -0.15) is 0 Å². The first-order valence-electron chi connectivity index (χ1n) is 6.69. The number of ether oxygens (including phenoxy) is 1. The van der Waals surface area contributed by atoms with Crippen molar-refractivity contribution in [3.63, 3.8) is 0 Å². The Bertz CT molecular complexity index is 433. The molecule has 1 aliphatic rings. The number of fused-ring (bicyclic) bond motifs is 1. The fourth-order valence-corrected chi connectivity index (χ4v) is 2.55. The maximum atomic E-state index is 5.30. The molecule has 0 aromatic heterocycles. The summed E-state index contributed by atoms with van der Waals surface area (Å²) in [5, 5.41) is 3.62. The van der Waals surface area contributed by atoms with Crippen LogP contribution in [0.3, 0.4) is 0 Å². The highest BCUT2D eigenvalue weighted by Gasteiger charge is 2.22. The molecule has 0 aliphatic heterocycles. The van der Waals surface area contributed by atoms with E-state index in [0.717, 1.165) is 31.6 Å². The Balaban J connectivity index is 1.88. The standard InChI is InChI=1S/C16H21NO/c1-3-4-5-6-11-17-16-10-8-13-7-9-14(18-2)12-15(13)16/h1,7,9,12,16-17H,4-6,8,10-11H2,2H3. The number of unbranched alkanes of at least 4 members (excludes halogenated alkanes) is 2. The Morgan fingerprint density at radius 3 is 3.11 bits per heavy atom. The van der Waals surface area contributed by atoms with E-state index in [0.29, 0.717) is 6.04 Å². The fraction of sp³-hybridized carbons (Fsp3) is 0.500. The first kappa shape index (κ1) is 13.0. The van der Waals surface area contributed by atoms with E-state index < -0.39 is 0 Å². The van der Waals surface area contributed by atoms with E-state index in [1.807, 2.05) is 6.07 Å². The van der Waals surface area contributed by atoms with Crippen molar-refractivity contribution in [1.82, 2.24) is 5.32 Å². The molecule has 0 spiro atoms. The lowest BCUT2D eigenvalue weighted by Gasteiger charge is -2.14. The van der Waals surface area contributed by atoms with Gasteiger partial charge in [0, 0.05) is 12.5 Å². The van der Waals surface area contributed by atoms with Crippen LogP contribution < -0.4 is 10.1 Å². The summed E-state index contributed by atoms with van der Waals surface area (Å²) in [5.74, 6) is 3.64. The van der Waals surface area contributed by atoms with Gasteiger partial charge < -0.3 is 10.1 Å². The minimum Gasteiger partial charge on any atom is -0.497 e. The van der Waals surface area contributed by atoms with Gasteiger partial charge in [0.15, 0.2) is 0 Å². The second-order valence-electron chi connectivity index (χ2n) is 4.77. The minimum atomic E-state index is 0.487. The van der Waals surface area contributed by atoms with E-state index in [-0.39, 0.29) is 0 Å². The van der Waals surface area contributed by atoms with Gasteiger partial charge in [-0.1, -0.05) is 6.07 Å². The molecule has 2 nitrogen and oxygen atoms in total. The van der Waals surface area contributed by atoms with Crippen molar-refractivity contribution in [3.8, 4) is 18.1 Å². The Hall–Kier alpha value is -1.46. The molecule has 1 unspecified atom stereocenters. The second-order valence-corrected chi connectivity index (χ2v) is 4.77. The number of terminal acetylenes is 1. The van der Waals surface area contributed by atoms with Crippen LogP contribution in [0.5, 0.6) is 5.75 Å². The molecule has 18 heavy (non-hydrogen) atoms. The summed E-state index contributed by atoms with van der Waals surface area (Å²) < 4.78 is 5.30. The molecule has 1 atom stereocenters. The predicted octanol–water partition coefficient (Wildman–Crippen LogP) is 3.08. The van der Waals surface area contributed by atoms with Crippen LogP contribution in [0.1, 0.15) is 42.9 Å². The summed E-state index contributed by atoms with van der Waals surface area (Å²) in [6.45, 7) is 1.04. The monoisotopic (exact) mass is 243 g/mol. The third-order valence-corrected chi connectivity index (χ3v) is 3.57. The Labute approximate surface area is 110 Å². The van der Waals surface area contributed by atoms with Gasteiger partial charge in [-0.25, -0.2) is 0 Å². The number of methoxy groups -OCH3 is 1. The summed E-state index contributed by atoms with van der Waals surface area (Å²) in [7, 11) is 1.72. The first-order valence-corrected chi connectivity index (χ1v) is 6.69. The van der Waals surface area contributed by atoms with Crippen molar-refractivity contribution in [2.75, 3.05) is 13.7 Å².